The number of likely N-dealkylation sites (tertiary alicyclic amines) is 1. The number of carbonyl (C=O) groups is 4. The predicted molar refractivity (Wildman–Crippen MR) is 231 cm³/mol. The smallest absolute Gasteiger partial charge is 0.262 e. The number of amides is 3. The van der Waals surface area contributed by atoms with E-state index in [-0.39, 0.29) is 51.5 Å². The molecule has 0 radical (unpaired) electrons. The number of rotatable bonds is 12. The number of aromatic nitrogens is 3. The quantitative estimate of drug-likeness (QED) is 0.134. The van der Waals surface area contributed by atoms with Gasteiger partial charge in [0.05, 0.1) is 38.6 Å². The number of carbonyl (C=O) groups excluding carboxylic acids is 4. The van der Waals surface area contributed by atoms with Gasteiger partial charge >= 0.3 is 0 Å². The summed E-state index contributed by atoms with van der Waals surface area (Å²) in [4.78, 5) is 76.8. The lowest BCUT2D eigenvalue weighted by Crippen LogP contribution is -2.59. The number of piperidine rings is 1. The Labute approximate surface area is 363 Å². The molecule has 2 saturated heterocycles. The number of nitrogens with two attached hydrogens (primary N) is 1. The van der Waals surface area contributed by atoms with Gasteiger partial charge in [-0.2, -0.15) is 4.98 Å². The first-order valence-corrected chi connectivity index (χ1v) is 23.3. The number of nitrogens with one attached hydrogen (secondary N) is 1. The second kappa shape index (κ2) is 16.2. The number of fused-ring (bicyclic) bond motifs is 2. The summed E-state index contributed by atoms with van der Waals surface area (Å²) in [5.74, 6) is -2.84. The van der Waals surface area contributed by atoms with Crippen molar-refractivity contribution >= 4 is 62.2 Å². The van der Waals surface area contributed by atoms with Crippen molar-refractivity contribution in [3.63, 3.8) is 0 Å². The van der Waals surface area contributed by atoms with E-state index in [2.05, 4.69) is 20.2 Å². The molecule has 2 aromatic carbocycles. The average Bonchev–Trinajstić information content (AvgIpc) is 3.72. The van der Waals surface area contributed by atoms with Crippen LogP contribution in [0.15, 0.2) is 64.4 Å². The maximum Gasteiger partial charge on any atom is 0.262 e. The number of halogens is 1. The molecule has 2 unspecified atom stereocenters. The van der Waals surface area contributed by atoms with Crippen molar-refractivity contribution in [2.24, 2.45) is 11.1 Å². The maximum absolute atomic E-state index is 15.5. The van der Waals surface area contributed by atoms with Crippen molar-refractivity contribution in [1.29, 1.82) is 0 Å². The van der Waals surface area contributed by atoms with Crippen molar-refractivity contribution in [3.8, 4) is 0 Å². The van der Waals surface area contributed by atoms with Gasteiger partial charge in [0.2, 0.25) is 11.9 Å². The Kier molecular flexibility index (Phi) is 11.0. The summed E-state index contributed by atoms with van der Waals surface area (Å²) in [5, 5.41) is 14.3. The summed E-state index contributed by atoms with van der Waals surface area (Å²) in [6, 6.07) is 10.7. The molecule has 3 atom stereocenters. The fourth-order valence-corrected chi connectivity index (χ4v) is 12.5. The van der Waals surface area contributed by atoms with Crippen molar-refractivity contribution in [1.82, 2.24) is 24.3 Å². The molecule has 3 amide bonds. The molecule has 16 nitrogen and oxygen atoms in total. The first-order valence-electron chi connectivity index (χ1n) is 21.7. The second-order valence-electron chi connectivity index (χ2n) is 18.3. The maximum atomic E-state index is 15.5. The largest absolute Gasteiger partial charge is 0.388 e. The molecule has 2 saturated carbocycles. The molecule has 2 aliphatic carbocycles. The summed E-state index contributed by atoms with van der Waals surface area (Å²) < 4.78 is 44.7. The van der Waals surface area contributed by atoms with Crippen molar-refractivity contribution in [3.05, 3.63) is 82.0 Å². The van der Waals surface area contributed by atoms with Gasteiger partial charge in [0.25, 0.3) is 17.4 Å². The van der Waals surface area contributed by atoms with Crippen molar-refractivity contribution in [2.75, 3.05) is 36.4 Å². The fraction of sp³-hybridized carbons (Fsp3) is 0.489. The molecule has 0 bridgehead atoms. The van der Waals surface area contributed by atoms with Crippen LogP contribution in [0.4, 0.5) is 21.7 Å². The minimum Gasteiger partial charge on any atom is -0.388 e. The molecule has 63 heavy (non-hydrogen) atoms. The zero-order chi connectivity index (χ0) is 44.4. The predicted octanol–water partition coefficient (Wildman–Crippen LogP) is 4.27. The highest BCUT2D eigenvalue weighted by Crippen LogP contribution is 2.48. The SMILES string of the molecule is C[C@@]1(O)CCCC1n1c(=O)ccc2cnc(Nc3ccc(S(=O)(=O)C4CCN(C5CCC6(CC5)CN(c5cc7c(cc5F)C(=O)N(C(CCC=O)C(N)=O)C7=O)C6)CC4)cc3)nc21. The van der Waals surface area contributed by atoms with Gasteiger partial charge in [-0.3, -0.25) is 28.6 Å². The van der Waals surface area contributed by atoms with Crippen LogP contribution in [0.25, 0.3) is 11.0 Å². The third-order valence-electron chi connectivity index (χ3n) is 14.3. The zero-order valence-electron chi connectivity index (χ0n) is 35.0. The van der Waals surface area contributed by atoms with E-state index in [9.17, 15) is 37.5 Å². The monoisotopic (exact) mass is 882 g/mol. The summed E-state index contributed by atoms with van der Waals surface area (Å²) in [7, 11) is -3.60. The molecule has 4 N–H and O–H groups in total. The number of imide groups is 1. The number of hydrogen-bond donors (Lipinski definition) is 3. The fourth-order valence-electron chi connectivity index (χ4n) is 10.8. The van der Waals surface area contributed by atoms with Crippen LogP contribution >= 0.6 is 0 Å². The first-order chi connectivity index (χ1) is 30.1. The van der Waals surface area contributed by atoms with Crippen LogP contribution in [-0.2, 0) is 19.4 Å². The number of pyridine rings is 1. The number of primary amides is 1. The van der Waals surface area contributed by atoms with E-state index < -0.39 is 56.3 Å². The zero-order valence-corrected chi connectivity index (χ0v) is 35.9. The van der Waals surface area contributed by atoms with Gasteiger partial charge in [0, 0.05) is 54.3 Å². The Morgan fingerprint density at radius 3 is 2.30 bits per heavy atom. The molecular weight excluding hydrogens is 832 g/mol. The van der Waals surface area contributed by atoms with E-state index in [1.54, 1.807) is 48.0 Å². The number of aldehydes is 1. The van der Waals surface area contributed by atoms with Gasteiger partial charge < -0.3 is 30.8 Å². The summed E-state index contributed by atoms with van der Waals surface area (Å²) in [6.45, 7) is 4.28. The Bertz CT molecular complexity index is 2670. The molecule has 332 valence electrons. The van der Waals surface area contributed by atoms with Crippen molar-refractivity contribution in [2.45, 2.75) is 111 Å². The number of anilines is 3. The number of hydrogen-bond acceptors (Lipinski definition) is 13. The molecule has 9 rings (SSSR count). The molecule has 4 fully saturated rings. The van der Waals surface area contributed by atoms with E-state index in [1.807, 2.05) is 4.90 Å². The van der Waals surface area contributed by atoms with E-state index in [0.29, 0.717) is 80.9 Å². The number of aliphatic hydroxyl groups is 1. The van der Waals surface area contributed by atoms with Crippen LogP contribution in [0.1, 0.15) is 104 Å². The summed E-state index contributed by atoms with van der Waals surface area (Å²) >= 11 is 0. The third kappa shape index (κ3) is 7.69. The second-order valence-corrected chi connectivity index (χ2v) is 20.5. The molecule has 3 aliphatic heterocycles. The lowest BCUT2D eigenvalue weighted by molar-refractivity contribution is -0.122. The van der Waals surface area contributed by atoms with Gasteiger partial charge in [0.15, 0.2) is 9.84 Å². The average molecular weight is 883 g/mol. The number of nitrogens with zero attached hydrogens (tertiary/aromatic N) is 6. The highest BCUT2D eigenvalue weighted by molar-refractivity contribution is 7.92. The molecule has 18 heteroatoms. The van der Waals surface area contributed by atoms with Crippen LogP contribution in [-0.4, -0.2) is 111 Å². The topological polar surface area (TPSA) is 218 Å². The third-order valence-corrected chi connectivity index (χ3v) is 16.6. The van der Waals surface area contributed by atoms with Crippen LogP contribution in [0, 0.1) is 11.2 Å². The van der Waals surface area contributed by atoms with Gasteiger partial charge in [-0.25, -0.2) is 17.8 Å². The number of benzene rings is 2. The normalized spacial score (nSPS) is 23.6. The summed E-state index contributed by atoms with van der Waals surface area (Å²) in [6.07, 6.45) is 8.83. The lowest BCUT2D eigenvalue weighted by Gasteiger charge is -2.55. The van der Waals surface area contributed by atoms with Gasteiger partial charge in [-0.05, 0) is 127 Å². The molecule has 5 heterocycles. The standard InChI is InChI=1S/C45H51FN8O8S/c1-44(60)16-2-5-37(44)54-38(56)11-6-27-24-48-43(50-40(27)54)49-28-7-9-30(10-8-28)63(61,62)31-14-19-51(20-15-31)29-12-17-45(18-13-29)25-52(26-45)36-23-33-32(22-34(36)46)41(58)53(42(33)59)35(39(47)57)4-3-21-55/h6-11,21-24,29,31,35,37,60H,2-5,12-20,25-26H2,1H3,(H2,47,57)(H,48,49,50)/t35?,37?,44-/m1/s1. The minimum atomic E-state index is -3.60. The van der Waals surface area contributed by atoms with Gasteiger partial charge in [-0.15, -0.1) is 0 Å². The molecule has 2 aromatic heterocycles. The van der Waals surface area contributed by atoms with E-state index in [0.717, 1.165) is 43.1 Å². The van der Waals surface area contributed by atoms with E-state index >= 15 is 4.39 Å². The number of sulfone groups is 1. The Morgan fingerprint density at radius 2 is 1.67 bits per heavy atom. The molecule has 4 aromatic rings. The highest BCUT2D eigenvalue weighted by atomic mass is 32.2. The Hall–Kier alpha value is -5.59. The van der Waals surface area contributed by atoms with Gasteiger partial charge in [0.1, 0.15) is 23.8 Å². The van der Waals surface area contributed by atoms with Crippen LogP contribution < -0.4 is 21.5 Å². The molecular formula is C45H51FN8O8S. The van der Waals surface area contributed by atoms with Crippen molar-refractivity contribution < 1.29 is 37.1 Å². The lowest BCUT2D eigenvalue weighted by atomic mass is 9.67. The molecule has 1 spiro atoms. The highest BCUT2D eigenvalue weighted by Gasteiger charge is 2.49. The van der Waals surface area contributed by atoms with E-state index in [1.165, 1.54) is 12.1 Å². The Balaban J connectivity index is 0.778. The van der Waals surface area contributed by atoms with E-state index in [4.69, 9.17) is 5.73 Å². The van der Waals surface area contributed by atoms with Gasteiger partial charge in [-0.1, -0.05) is 0 Å². The Morgan fingerprint density at radius 1 is 0.984 bits per heavy atom. The first kappa shape index (κ1) is 42.7. The molecule has 5 aliphatic rings. The van der Waals surface area contributed by atoms with Crippen LogP contribution in [0.5, 0.6) is 0 Å². The van der Waals surface area contributed by atoms with Crippen LogP contribution in [0.3, 0.4) is 0 Å². The van der Waals surface area contributed by atoms with Crippen LogP contribution in [0.2, 0.25) is 0 Å². The minimum absolute atomic E-state index is 0.0102. The summed E-state index contributed by atoms with van der Waals surface area (Å²) in [5.41, 5.74) is 5.29.